The van der Waals surface area contributed by atoms with Crippen molar-refractivity contribution in [1.82, 2.24) is 5.32 Å². The first kappa shape index (κ1) is 14.4. The SMILES string of the molecule is CCOC(=O)[C@@H]1C(C)=C(C)S[C@@]1(Cl)NC(C)=O. The smallest absolute Gasteiger partial charge is 0.317 e. The van der Waals surface area contributed by atoms with E-state index < -0.39 is 16.2 Å². The predicted molar refractivity (Wildman–Crippen MR) is 68.5 cm³/mol. The number of carbonyl (C=O) groups excluding carboxylic acids is 2. The van der Waals surface area contributed by atoms with Crippen LogP contribution in [0.4, 0.5) is 0 Å². The second-order valence-corrected chi connectivity index (χ2v) is 6.13. The third-order valence-electron chi connectivity index (χ3n) is 2.53. The molecule has 1 aliphatic heterocycles. The van der Waals surface area contributed by atoms with Crippen molar-refractivity contribution < 1.29 is 14.3 Å². The molecule has 1 rings (SSSR count). The van der Waals surface area contributed by atoms with Gasteiger partial charge in [0.1, 0.15) is 5.92 Å². The Labute approximate surface area is 110 Å². The lowest BCUT2D eigenvalue weighted by Gasteiger charge is -2.28. The van der Waals surface area contributed by atoms with Crippen molar-refractivity contribution in [2.45, 2.75) is 32.0 Å². The van der Waals surface area contributed by atoms with E-state index >= 15 is 0 Å². The first-order valence-corrected chi connectivity index (χ1v) is 6.52. The molecule has 0 unspecified atom stereocenters. The van der Waals surface area contributed by atoms with Gasteiger partial charge in [-0.2, -0.15) is 0 Å². The Balaban J connectivity index is 3.00. The highest BCUT2D eigenvalue weighted by Crippen LogP contribution is 2.51. The highest BCUT2D eigenvalue weighted by Gasteiger charge is 2.50. The average molecular weight is 278 g/mol. The second kappa shape index (κ2) is 5.31. The predicted octanol–water partition coefficient (Wildman–Crippen LogP) is 2.24. The topological polar surface area (TPSA) is 55.4 Å². The van der Waals surface area contributed by atoms with E-state index in [4.69, 9.17) is 16.3 Å². The molecule has 6 heteroatoms. The van der Waals surface area contributed by atoms with Gasteiger partial charge in [0, 0.05) is 6.92 Å². The van der Waals surface area contributed by atoms with Crippen LogP contribution in [0.2, 0.25) is 0 Å². The Hall–Kier alpha value is -0.680. The lowest BCUT2D eigenvalue weighted by Crippen LogP contribution is -2.47. The second-order valence-electron chi connectivity index (χ2n) is 3.85. The van der Waals surface area contributed by atoms with E-state index in [1.807, 2.05) is 13.8 Å². The number of nitrogens with one attached hydrogen (secondary N) is 1. The first-order chi connectivity index (χ1) is 7.81. The van der Waals surface area contributed by atoms with Crippen LogP contribution in [0.3, 0.4) is 0 Å². The van der Waals surface area contributed by atoms with Crippen LogP contribution in [-0.2, 0) is 14.3 Å². The van der Waals surface area contributed by atoms with Gasteiger partial charge in [0.2, 0.25) is 5.91 Å². The van der Waals surface area contributed by atoms with E-state index in [0.717, 1.165) is 10.5 Å². The van der Waals surface area contributed by atoms with E-state index in [-0.39, 0.29) is 5.91 Å². The van der Waals surface area contributed by atoms with E-state index in [0.29, 0.717) is 6.61 Å². The molecule has 17 heavy (non-hydrogen) atoms. The van der Waals surface area contributed by atoms with Crippen LogP contribution >= 0.6 is 23.4 Å². The number of hydrogen-bond acceptors (Lipinski definition) is 4. The number of amides is 1. The summed E-state index contributed by atoms with van der Waals surface area (Å²) in [5.74, 6) is -1.32. The van der Waals surface area contributed by atoms with Crippen LogP contribution in [0.1, 0.15) is 27.7 Å². The molecule has 1 aliphatic rings. The fourth-order valence-electron chi connectivity index (χ4n) is 1.74. The maximum absolute atomic E-state index is 11.9. The zero-order chi connectivity index (χ0) is 13.2. The number of rotatable bonds is 3. The number of halogens is 1. The molecule has 0 aromatic heterocycles. The summed E-state index contributed by atoms with van der Waals surface area (Å²) in [5.41, 5.74) is 0.845. The van der Waals surface area contributed by atoms with Crippen LogP contribution in [0.25, 0.3) is 0 Å². The summed E-state index contributed by atoms with van der Waals surface area (Å²) in [5, 5.41) is 2.62. The standard InChI is InChI=1S/C11H16ClNO3S/c1-5-16-10(15)9-6(2)7(3)17-11(9,12)13-8(4)14/h9H,5H2,1-4H3,(H,13,14)/t9-,11-/m0/s1. The van der Waals surface area contributed by atoms with Crippen molar-refractivity contribution in [2.24, 2.45) is 5.92 Å². The molecule has 0 saturated carbocycles. The summed E-state index contributed by atoms with van der Waals surface area (Å²) < 4.78 is 3.84. The minimum absolute atomic E-state index is 0.274. The Kier molecular flexibility index (Phi) is 4.49. The quantitative estimate of drug-likeness (QED) is 0.488. The van der Waals surface area contributed by atoms with Gasteiger partial charge in [-0.1, -0.05) is 23.4 Å². The Bertz CT molecular complexity index is 383. The van der Waals surface area contributed by atoms with E-state index in [9.17, 15) is 9.59 Å². The molecule has 96 valence electrons. The van der Waals surface area contributed by atoms with Crippen molar-refractivity contribution in [2.75, 3.05) is 6.61 Å². The van der Waals surface area contributed by atoms with Gasteiger partial charge < -0.3 is 10.1 Å². The molecule has 0 fully saturated rings. The molecule has 0 radical (unpaired) electrons. The van der Waals surface area contributed by atoms with Crippen molar-refractivity contribution in [1.29, 1.82) is 0 Å². The summed E-state index contributed by atoms with van der Waals surface area (Å²) in [6.07, 6.45) is 0. The average Bonchev–Trinajstić information content (AvgIpc) is 2.36. The van der Waals surface area contributed by atoms with Gasteiger partial charge in [0.25, 0.3) is 0 Å². The molecule has 0 saturated heterocycles. The minimum atomic E-state index is -1.16. The van der Waals surface area contributed by atoms with Crippen LogP contribution < -0.4 is 5.32 Å². The summed E-state index contributed by atoms with van der Waals surface area (Å²) in [4.78, 5) is 24.0. The lowest BCUT2D eigenvalue weighted by atomic mass is 10.00. The van der Waals surface area contributed by atoms with Crippen LogP contribution in [0, 0.1) is 5.92 Å². The Morgan fingerprint density at radius 3 is 2.59 bits per heavy atom. The number of hydrogen-bond donors (Lipinski definition) is 1. The summed E-state index contributed by atoms with van der Waals surface area (Å²) >= 11 is 7.62. The molecule has 0 bridgehead atoms. The number of alkyl halides is 1. The van der Waals surface area contributed by atoms with Gasteiger partial charge >= 0.3 is 5.97 Å². The maximum atomic E-state index is 11.9. The number of allylic oxidation sites excluding steroid dienone is 1. The normalized spacial score (nSPS) is 28.2. The molecule has 1 amide bonds. The Morgan fingerprint density at radius 1 is 1.53 bits per heavy atom. The van der Waals surface area contributed by atoms with Gasteiger partial charge in [-0.25, -0.2) is 0 Å². The maximum Gasteiger partial charge on any atom is 0.317 e. The van der Waals surface area contributed by atoms with Crippen LogP contribution in [0.15, 0.2) is 10.5 Å². The van der Waals surface area contributed by atoms with Crippen molar-refractivity contribution in [3.8, 4) is 0 Å². The molecule has 2 atom stereocenters. The van der Waals surface area contributed by atoms with Crippen LogP contribution in [0.5, 0.6) is 0 Å². The van der Waals surface area contributed by atoms with E-state index in [1.165, 1.54) is 18.7 Å². The number of ether oxygens (including phenoxy) is 1. The van der Waals surface area contributed by atoms with Gasteiger partial charge in [-0.05, 0) is 31.2 Å². The molecule has 4 nitrogen and oxygen atoms in total. The molecule has 0 spiro atoms. The fraction of sp³-hybridized carbons (Fsp3) is 0.636. The largest absolute Gasteiger partial charge is 0.465 e. The van der Waals surface area contributed by atoms with Crippen LogP contribution in [-0.4, -0.2) is 22.8 Å². The van der Waals surface area contributed by atoms with Crippen molar-refractivity contribution in [3.63, 3.8) is 0 Å². The summed E-state index contributed by atoms with van der Waals surface area (Å²) in [6.45, 7) is 7.10. The van der Waals surface area contributed by atoms with Gasteiger partial charge in [-0.3, -0.25) is 9.59 Å². The number of carbonyl (C=O) groups is 2. The van der Waals surface area contributed by atoms with Crippen molar-refractivity contribution >= 4 is 35.2 Å². The molecular weight excluding hydrogens is 262 g/mol. The molecule has 0 aromatic carbocycles. The van der Waals surface area contributed by atoms with Gasteiger partial charge in [0.05, 0.1) is 6.61 Å². The molecular formula is C11H16ClNO3S. The molecule has 1 heterocycles. The molecule has 1 N–H and O–H groups in total. The monoisotopic (exact) mass is 277 g/mol. The van der Waals surface area contributed by atoms with E-state index in [2.05, 4.69) is 5.32 Å². The minimum Gasteiger partial charge on any atom is -0.465 e. The zero-order valence-electron chi connectivity index (χ0n) is 10.3. The third-order valence-corrected chi connectivity index (χ3v) is 4.34. The van der Waals surface area contributed by atoms with Gasteiger partial charge in [-0.15, -0.1) is 0 Å². The number of thioether (sulfide) groups is 1. The van der Waals surface area contributed by atoms with Gasteiger partial charge in [0.15, 0.2) is 4.33 Å². The zero-order valence-corrected chi connectivity index (χ0v) is 11.9. The molecule has 0 aromatic rings. The van der Waals surface area contributed by atoms with E-state index in [1.54, 1.807) is 6.92 Å². The van der Waals surface area contributed by atoms with Crippen molar-refractivity contribution in [3.05, 3.63) is 10.5 Å². The lowest BCUT2D eigenvalue weighted by molar-refractivity contribution is -0.147. The fourth-order valence-corrected chi connectivity index (χ4v) is 3.78. The molecule has 0 aliphatic carbocycles. The number of esters is 1. The highest BCUT2D eigenvalue weighted by atomic mass is 35.5. The summed E-state index contributed by atoms with van der Waals surface area (Å²) in [6, 6.07) is 0. The third kappa shape index (κ3) is 2.96. The Morgan fingerprint density at radius 2 is 2.12 bits per heavy atom. The highest BCUT2D eigenvalue weighted by molar-refractivity contribution is 8.05. The first-order valence-electron chi connectivity index (χ1n) is 5.32. The summed E-state index contributed by atoms with van der Waals surface area (Å²) in [7, 11) is 0.